The third-order valence-corrected chi connectivity index (χ3v) is 7.10. The van der Waals surface area contributed by atoms with Gasteiger partial charge in [0.05, 0.1) is 19.3 Å². The van der Waals surface area contributed by atoms with Gasteiger partial charge in [0.1, 0.15) is 17.7 Å². The Kier molecular flexibility index (Phi) is 6.64. The number of hydrogen-bond acceptors (Lipinski definition) is 9. The molecule has 1 saturated heterocycles. The van der Waals surface area contributed by atoms with Gasteiger partial charge in [-0.2, -0.15) is 0 Å². The Labute approximate surface area is 224 Å². The molecule has 2 aliphatic carbocycles. The van der Waals surface area contributed by atoms with Gasteiger partial charge in [0.25, 0.3) is 5.91 Å². The summed E-state index contributed by atoms with van der Waals surface area (Å²) in [7, 11) is 0. The minimum atomic E-state index is -1.42. The SMILES string of the molecule is Nc1nc(C#CCN(C(=O)Cc2ccccc2)C2CC2)nc2c1ncn2C1OC(C(=O)NC2CC2)[C@@H](O)[C@H]1O. The van der Waals surface area contributed by atoms with Crippen LogP contribution in [0.3, 0.4) is 0 Å². The van der Waals surface area contributed by atoms with Crippen LogP contribution in [0.1, 0.15) is 43.3 Å². The van der Waals surface area contributed by atoms with Crippen LogP contribution in [-0.4, -0.2) is 83.4 Å². The lowest BCUT2D eigenvalue weighted by molar-refractivity contribution is -0.137. The quantitative estimate of drug-likeness (QED) is 0.304. The zero-order chi connectivity index (χ0) is 27.1. The van der Waals surface area contributed by atoms with Crippen LogP contribution in [0.4, 0.5) is 5.82 Å². The molecule has 0 bridgehead atoms. The molecule has 2 amide bonds. The normalized spacial score (nSPS) is 24.3. The Bertz CT molecular complexity index is 1460. The van der Waals surface area contributed by atoms with Gasteiger partial charge in [-0.3, -0.25) is 14.2 Å². The van der Waals surface area contributed by atoms with Crippen molar-refractivity contribution in [2.24, 2.45) is 0 Å². The van der Waals surface area contributed by atoms with E-state index in [1.54, 1.807) is 4.90 Å². The molecule has 12 nitrogen and oxygen atoms in total. The number of carbonyl (C=O) groups is 2. The van der Waals surface area contributed by atoms with Gasteiger partial charge < -0.3 is 30.9 Å². The first-order chi connectivity index (χ1) is 18.9. The highest BCUT2D eigenvalue weighted by atomic mass is 16.6. The van der Waals surface area contributed by atoms with Crippen LogP contribution in [0.5, 0.6) is 0 Å². The zero-order valence-corrected chi connectivity index (χ0v) is 21.1. The molecule has 1 aliphatic heterocycles. The van der Waals surface area contributed by atoms with Crippen LogP contribution in [-0.2, 0) is 20.7 Å². The van der Waals surface area contributed by atoms with Gasteiger partial charge in [0, 0.05) is 12.1 Å². The Morgan fingerprint density at radius 1 is 1.13 bits per heavy atom. The molecule has 202 valence electrons. The smallest absolute Gasteiger partial charge is 0.252 e. The van der Waals surface area contributed by atoms with Crippen LogP contribution < -0.4 is 11.1 Å². The van der Waals surface area contributed by atoms with E-state index in [1.165, 1.54) is 10.9 Å². The lowest BCUT2D eigenvalue weighted by atomic mass is 10.1. The summed E-state index contributed by atoms with van der Waals surface area (Å²) in [5.74, 6) is 5.62. The maximum Gasteiger partial charge on any atom is 0.252 e. The summed E-state index contributed by atoms with van der Waals surface area (Å²) in [6.45, 7) is 0.228. The number of nitrogen functional groups attached to an aromatic ring is 1. The van der Waals surface area contributed by atoms with Gasteiger partial charge in [-0.25, -0.2) is 15.0 Å². The van der Waals surface area contributed by atoms with Gasteiger partial charge in [-0.15, -0.1) is 0 Å². The summed E-state index contributed by atoms with van der Waals surface area (Å²) >= 11 is 0. The number of aromatic nitrogens is 4. The largest absolute Gasteiger partial charge is 0.387 e. The number of aliphatic hydroxyl groups excluding tert-OH is 2. The van der Waals surface area contributed by atoms with Crippen LogP contribution in [0, 0.1) is 11.8 Å². The number of nitrogens with one attached hydrogen (secondary N) is 1. The van der Waals surface area contributed by atoms with Crippen molar-refractivity contribution in [3.05, 3.63) is 48.0 Å². The molecule has 12 heteroatoms. The molecule has 2 unspecified atom stereocenters. The van der Waals surface area contributed by atoms with Crippen molar-refractivity contribution in [1.29, 1.82) is 0 Å². The molecule has 39 heavy (non-hydrogen) atoms. The molecule has 1 aromatic carbocycles. The average molecular weight is 532 g/mol. The number of hydrogen-bond donors (Lipinski definition) is 4. The first kappa shape index (κ1) is 25.2. The molecule has 0 spiro atoms. The summed E-state index contributed by atoms with van der Waals surface area (Å²) in [5.41, 5.74) is 7.58. The summed E-state index contributed by atoms with van der Waals surface area (Å²) in [4.78, 5) is 40.1. The van der Waals surface area contributed by atoms with Gasteiger partial charge in [0.2, 0.25) is 11.7 Å². The van der Waals surface area contributed by atoms with E-state index in [2.05, 4.69) is 32.1 Å². The topological polar surface area (TPSA) is 169 Å². The standard InChI is InChI=1S/C27H29N7O5/c28-24-20-25(34(14-29-20)27-22(37)21(36)23(39-27)26(38)30-16-8-9-16)32-18(31-24)7-4-12-33(17-10-11-17)19(35)13-15-5-2-1-3-6-15/h1-3,5-6,14,16-17,21-23,27,36-37H,8-13H2,(H,30,38)(H2,28,31,32)/t21-,22+,23?,27?/m0/s1. The molecular formula is C27H29N7O5. The van der Waals surface area contributed by atoms with E-state index >= 15 is 0 Å². The molecule has 5 N–H and O–H groups in total. The van der Waals surface area contributed by atoms with Crippen molar-refractivity contribution in [2.45, 2.75) is 68.7 Å². The number of imidazole rings is 1. The number of benzene rings is 1. The van der Waals surface area contributed by atoms with Crippen molar-refractivity contribution in [3.8, 4) is 11.8 Å². The van der Waals surface area contributed by atoms with E-state index in [-0.39, 0.29) is 47.3 Å². The Morgan fingerprint density at radius 2 is 1.90 bits per heavy atom. The van der Waals surface area contributed by atoms with Crippen molar-refractivity contribution in [3.63, 3.8) is 0 Å². The summed E-state index contributed by atoms with van der Waals surface area (Å²) in [5, 5.41) is 23.9. The summed E-state index contributed by atoms with van der Waals surface area (Å²) in [6.07, 6.45) is 0.169. The highest BCUT2D eigenvalue weighted by molar-refractivity contribution is 5.83. The number of carbonyl (C=O) groups excluding carboxylic acids is 2. The molecule has 3 aliphatic rings. The van der Waals surface area contributed by atoms with E-state index in [9.17, 15) is 19.8 Å². The van der Waals surface area contributed by atoms with Crippen LogP contribution in [0.2, 0.25) is 0 Å². The molecule has 2 aromatic heterocycles. The number of fused-ring (bicyclic) bond motifs is 1. The second-order valence-corrected chi connectivity index (χ2v) is 10.2. The molecule has 4 atom stereocenters. The number of aliphatic hydroxyl groups is 2. The molecular weight excluding hydrogens is 502 g/mol. The number of anilines is 1. The van der Waals surface area contributed by atoms with Crippen molar-refractivity contribution in [2.75, 3.05) is 12.3 Å². The zero-order valence-electron chi connectivity index (χ0n) is 21.1. The number of amides is 2. The van der Waals surface area contributed by atoms with Crippen LogP contribution >= 0.6 is 0 Å². The molecule has 2 saturated carbocycles. The van der Waals surface area contributed by atoms with Gasteiger partial charge in [-0.1, -0.05) is 36.3 Å². The van der Waals surface area contributed by atoms with E-state index in [4.69, 9.17) is 10.5 Å². The fourth-order valence-electron chi connectivity index (χ4n) is 4.68. The van der Waals surface area contributed by atoms with Gasteiger partial charge in [0.15, 0.2) is 23.8 Å². The maximum absolute atomic E-state index is 12.9. The molecule has 6 rings (SSSR count). The van der Waals surface area contributed by atoms with Gasteiger partial charge >= 0.3 is 0 Å². The number of rotatable bonds is 7. The van der Waals surface area contributed by atoms with Crippen LogP contribution in [0.15, 0.2) is 36.7 Å². The predicted octanol–water partition coefficient (Wildman–Crippen LogP) is -0.108. The second-order valence-electron chi connectivity index (χ2n) is 10.2. The number of ether oxygens (including phenoxy) is 1. The molecule has 3 heterocycles. The molecule has 3 fully saturated rings. The van der Waals surface area contributed by atoms with Crippen molar-refractivity contribution >= 4 is 28.8 Å². The van der Waals surface area contributed by atoms with Gasteiger partial charge in [-0.05, 0) is 37.2 Å². The van der Waals surface area contributed by atoms with Crippen molar-refractivity contribution < 1.29 is 24.5 Å². The van der Waals surface area contributed by atoms with Crippen molar-refractivity contribution in [1.82, 2.24) is 29.7 Å². The minimum Gasteiger partial charge on any atom is -0.387 e. The van der Waals surface area contributed by atoms with E-state index in [1.807, 2.05) is 30.3 Å². The highest BCUT2D eigenvalue weighted by Gasteiger charge is 2.48. The lowest BCUT2D eigenvalue weighted by Gasteiger charge is -2.19. The number of nitrogens with zero attached hydrogens (tertiary/aromatic N) is 5. The third-order valence-electron chi connectivity index (χ3n) is 7.10. The fraction of sp³-hybridized carbons (Fsp3) is 0.444. The average Bonchev–Trinajstić information content (AvgIpc) is 3.85. The van der Waals surface area contributed by atoms with E-state index in [0.29, 0.717) is 6.42 Å². The Balaban J connectivity index is 1.20. The molecule has 0 radical (unpaired) electrons. The lowest BCUT2D eigenvalue weighted by Crippen LogP contribution is -2.43. The third kappa shape index (κ3) is 5.29. The van der Waals surface area contributed by atoms with E-state index in [0.717, 1.165) is 31.2 Å². The molecule has 3 aromatic rings. The predicted molar refractivity (Wildman–Crippen MR) is 139 cm³/mol. The highest BCUT2D eigenvalue weighted by Crippen LogP contribution is 2.33. The Hall–Kier alpha value is -4.05. The van der Waals surface area contributed by atoms with Crippen LogP contribution in [0.25, 0.3) is 11.2 Å². The second kappa shape index (κ2) is 10.3. The maximum atomic E-state index is 12.9. The fourth-order valence-corrected chi connectivity index (χ4v) is 4.68. The monoisotopic (exact) mass is 531 g/mol. The minimum absolute atomic E-state index is 0.0122. The van der Waals surface area contributed by atoms with E-state index < -0.39 is 30.4 Å². The first-order valence-electron chi connectivity index (χ1n) is 13.0. The number of nitrogens with two attached hydrogens (primary N) is 1. The summed E-state index contributed by atoms with van der Waals surface area (Å²) < 4.78 is 7.17. The summed E-state index contributed by atoms with van der Waals surface area (Å²) in [6, 6.07) is 9.85. The Morgan fingerprint density at radius 3 is 2.62 bits per heavy atom. The first-order valence-corrected chi connectivity index (χ1v) is 13.0.